The van der Waals surface area contributed by atoms with Gasteiger partial charge in [-0.3, -0.25) is 4.79 Å². The van der Waals surface area contributed by atoms with Crippen molar-refractivity contribution in [1.82, 2.24) is 5.32 Å². The highest BCUT2D eigenvalue weighted by atomic mass is 16.4. The predicted molar refractivity (Wildman–Crippen MR) is 59.8 cm³/mol. The first-order valence-electron chi connectivity index (χ1n) is 5.46. The lowest BCUT2D eigenvalue weighted by Gasteiger charge is -2.09. The summed E-state index contributed by atoms with van der Waals surface area (Å²) >= 11 is 0. The van der Waals surface area contributed by atoms with Gasteiger partial charge in [-0.05, 0) is 19.4 Å². The molecule has 0 amide bonds. The zero-order valence-electron chi connectivity index (χ0n) is 9.28. The molecule has 0 heterocycles. The lowest BCUT2D eigenvalue weighted by Crippen LogP contribution is -2.35. The summed E-state index contributed by atoms with van der Waals surface area (Å²) in [5.74, 6) is -0.874. The van der Waals surface area contributed by atoms with Crippen LogP contribution >= 0.6 is 0 Å². The van der Waals surface area contributed by atoms with Gasteiger partial charge in [-0.1, -0.05) is 31.9 Å². The number of carboxylic acids is 1. The fourth-order valence-corrected chi connectivity index (χ4v) is 1.18. The molecule has 1 atom stereocenters. The molecule has 0 aromatic carbocycles. The second-order valence-electron chi connectivity index (χ2n) is 3.42. The zero-order chi connectivity index (χ0) is 11.5. The van der Waals surface area contributed by atoms with E-state index in [0.717, 1.165) is 19.3 Å². The average molecular weight is 215 g/mol. The van der Waals surface area contributed by atoms with E-state index in [1.165, 1.54) is 0 Å². The Morgan fingerprint density at radius 3 is 2.73 bits per heavy atom. The van der Waals surface area contributed by atoms with Crippen molar-refractivity contribution in [2.24, 2.45) is 0 Å². The number of aliphatic hydroxyl groups excluding tert-OH is 1. The molecule has 1 unspecified atom stereocenters. The lowest BCUT2D eigenvalue weighted by molar-refractivity contribution is -0.138. The number of rotatable bonds is 9. The molecule has 0 bridgehead atoms. The van der Waals surface area contributed by atoms with Crippen LogP contribution < -0.4 is 5.32 Å². The Kier molecular flexibility index (Phi) is 9.11. The highest BCUT2D eigenvalue weighted by molar-refractivity contribution is 5.75. The Balaban J connectivity index is 3.78. The summed E-state index contributed by atoms with van der Waals surface area (Å²) in [5, 5.41) is 20.3. The molecule has 0 saturated carbocycles. The van der Waals surface area contributed by atoms with Gasteiger partial charge in [0.1, 0.15) is 6.04 Å². The number of aliphatic carboxylic acids is 1. The van der Waals surface area contributed by atoms with Crippen molar-refractivity contribution in [1.29, 1.82) is 0 Å². The maximum absolute atomic E-state index is 10.8. The van der Waals surface area contributed by atoms with Gasteiger partial charge in [0.25, 0.3) is 0 Å². The smallest absolute Gasteiger partial charge is 0.324 e. The summed E-state index contributed by atoms with van der Waals surface area (Å²) < 4.78 is 0. The second kappa shape index (κ2) is 9.68. The van der Waals surface area contributed by atoms with Crippen LogP contribution in [0.4, 0.5) is 0 Å². The molecule has 0 rings (SSSR count). The molecule has 4 heteroatoms. The summed E-state index contributed by atoms with van der Waals surface area (Å²) in [4.78, 5) is 10.8. The Labute approximate surface area is 91.0 Å². The van der Waals surface area contributed by atoms with Gasteiger partial charge in [-0.15, -0.1) is 0 Å². The molecule has 0 aromatic heterocycles. The van der Waals surface area contributed by atoms with Crippen molar-refractivity contribution in [3.63, 3.8) is 0 Å². The number of carboxylic acid groups (broad SMARTS) is 1. The molecule has 0 saturated heterocycles. The van der Waals surface area contributed by atoms with Gasteiger partial charge in [0.2, 0.25) is 0 Å². The normalized spacial score (nSPS) is 13.2. The highest BCUT2D eigenvalue weighted by Crippen LogP contribution is 1.94. The van der Waals surface area contributed by atoms with Gasteiger partial charge in [-0.25, -0.2) is 0 Å². The summed E-state index contributed by atoms with van der Waals surface area (Å²) in [5.41, 5.74) is 0. The Hall–Kier alpha value is -0.870. The zero-order valence-corrected chi connectivity index (χ0v) is 9.28. The number of hydrogen-bond donors (Lipinski definition) is 3. The number of unbranched alkanes of at least 4 members (excludes halogenated alkanes) is 2. The first kappa shape index (κ1) is 14.1. The largest absolute Gasteiger partial charge is 0.480 e. The van der Waals surface area contributed by atoms with Gasteiger partial charge in [0.15, 0.2) is 0 Å². The van der Waals surface area contributed by atoms with E-state index >= 15 is 0 Å². The van der Waals surface area contributed by atoms with E-state index in [4.69, 9.17) is 10.2 Å². The summed E-state index contributed by atoms with van der Waals surface area (Å²) in [6.07, 6.45) is 7.00. The average Bonchev–Trinajstić information content (AvgIpc) is 2.21. The summed E-state index contributed by atoms with van der Waals surface area (Å²) in [7, 11) is 0. The van der Waals surface area contributed by atoms with Crippen molar-refractivity contribution in [3.8, 4) is 0 Å². The Morgan fingerprint density at radius 1 is 1.47 bits per heavy atom. The number of nitrogens with one attached hydrogen (secondary N) is 1. The first-order chi connectivity index (χ1) is 7.22. The summed E-state index contributed by atoms with van der Waals surface area (Å²) in [6.45, 7) is 2.88. The molecule has 0 aromatic rings. The topological polar surface area (TPSA) is 69.6 Å². The molecule has 0 fully saturated rings. The fourth-order valence-electron chi connectivity index (χ4n) is 1.18. The number of hydrogen-bond acceptors (Lipinski definition) is 3. The van der Waals surface area contributed by atoms with E-state index in [1.54, 1.807) is 12.2 Å². The van der Waals surface area contributed by atoms with Crippen LogP contribution in [-0.4, -0.2) is 35.4 Å². The van der Waals surface area contributed by atoms with Crippen LogP contribution in [0.15, 0.2) is 12.2 Å². The minimum Gasteiger partial charge on any atom is -0.480 e. The van der Waals surface area contributed by atoms with Crippen LogP contribution in [0.2, 0.25) is 0 Å². The van der Waals surface area contributed by atoms with Gasteiger partial charge in [0.05, 0.1) is 0 Å². The van der Waals surface area contributed by atoms with Crippen LogP contribution in [0, 0.1) is 0 Å². The van der Waals surface area contributed by atoms with E-state index in [-0.39, 0.29) is 6.61 Å². The van der Waals surface area contributed by atoms with Crippen LogP contribution in [0.1, 0.15) is 32.6 Å². The molecule has 4 nitrogen and oxygen atoms in total. The minimum atomic E-state index is -0.874. The van der Waals surface area contributed by atoms with Crippen molar-refractivity contribution in [2.45, 2.75) is 38.6 Å². The Bertz CT molecular complexity index is 192. The molecule has 0 aliphatic carbocycles. The Morgan fingerprint density at radius 2 is 2.20 bits per heavy atom. The molecule has 15 heavy (non-hydrogen) atoms. The van der Waals surface area contributed by atoms with Crippen LogP contribution in [0.3, 0.4) is 0 Å². The minimum absolute atomic E-state index is 0.0542. The summed E-state index contributed by atoms with van der Waals surface area (Å²) in [6, 6.07) is -0.631. The van der Waals surface area contributed by atoms with E-state index < -0.39 is 12.0 Å². The van der Waals surface area contributed by atoms with Crippen LogP contribution in [0.5, 0.6) is 0 Å². The fraction of sp³-hybridized carbons (Fsp3) is 0.727. The van der Waals surface area contributed by atoms with Crippen molar-refractivity contribution >= 4 is 5.97 Å². The molecule has 88 valence electrons. The molecule has 0 radical (unpaired) electrons. The van der Waals surface area contributed by atoms with Gasteiger partial charge in [0, 0.05) is 6.61 Å². The molecular formula is C11H21NO3. The third-order valence-electron chi connectivity index (χ3n) is 2.03. The molecule has 3 N–H and O–H groups in total. The van der Waals surface area contributed by atoms with Crippen molar-refractivity contribution in [2.75, 3.05) is 13.2 Å². The first-order valence-corrected chi connectivity index (χ1v) is 5.46. The van der Waals surface area contributed by atoms with Gasteiger partial charge >= 0.3 is 5.97 Å². The SMILES string of the molecule is CCCCCNC(/C=C/CCO)C(=O)O. The maximum Gasteiger partial charge on any atom is 0.324 e. The number of carbonyl (C=O) groups is 1. The highest BCUT2D eigenvalue weighted by Gasteiger charge is 2.11. The lowest BCUT2D eigenvalue weighted by atomic mass is 10.2. The van der Waals surface area contributed by atoms with Gasteiger partial charge in [-0.2, -0.15) is 0 Å². The standard InChI is InChI=1S/C11H21NO3/c1-2-3-5-8-12-10(11(14)15)7-4-6-9-13/h4,7,10,12-13H,2-3,5-6,8-9H2,1H3,(H,14,15)/b7-4+. The van der Waals surface area contributed by atoms with Crippen molar-refractivity contribution < 1.29 is 15.0 Å². The molecule has 0 aliphatic heterocycles. The predicted octanol–water partition coefficient (Wildman–Crippen LogP) is 1.16. The van der Waals surface area contributed by atoms with E-state index in [9.17, 15) is 4.79 Å². The monoisotopic (exact) mass is 215 g/mol. The molecular weight excluding hydrogens is 194 g/mol. The number of aliphatic hydroxyl groups is 1. The quantitative estimate of drug-likeness (QED) is 0.399. The van der Waals surface area contributed by atoms with Crippen LogP contribution in [0.25, 0.3) is 0 Å². The second-order valence-corrected chi connectivity index (χ2v) is 3.42. The van der Waals surface area contributed by atoms with E-state index in [1.807, 2.05) is 0 Å². The van der Waals surface area contributed by atoms with Crippen molar-refractivity contribution in [3.05, 3.63) is 12.2 Å². The maximum atomic E-state index is 10.8. The molecule has 0 spiro atoms. The molecule has 0 aliphatic rings. The van der Waals surface area contributed by atoms with Gasteiger partial charge < -0.3 is 15.5 Å². The third-order valence-corrected chi connectivity index (χ3v) is 2.03. The van der Waals surface area contributed by atoms with E-state index in [2.05, 4.69) is 12.2 Å². The van der Waals surface area contributed by atoms with E-state index in [0.29, 0.717) is 13.0 Å². The van der Waals surface area contributed by atoms with Crippen LogP contribution in [-0.2, 0) is 4.79 Å². The third kappa shape index (κ3) is 8.15.